The van der Waals surface area contributed by atoms with Gasteiger partial charge in [-0.3, -0.25) is 9.36 Å². The Morgan fingerprint density at radius 3 is 2.58 bits per heavy atom. The zero-order valence-corrected chi connectivity index (χ0v) is 16.0. The average molecular weight is 369 g/mol. The van der Waals surface area contributed by atoms with Gasteiger partial charge in [-0.25, -0.2) is 4.98 Å². The summed E-state index contributed by atoms with van der Waals surface area (Å²) >= 11 is 1.53. The molecule has 0 spiro atoms. The summed E-state index contributed by atoms with van der Waals surface area (Å²) in [7, 11) is 1.65. The first-order chi connectivity index (χ1) is 12.7. The number of nitrogens with zero attached hydrogens (tertiary/aromatic N) is 3. The highest BCUT2D eigenvalue weighted by atomic mass is 32.1. The second-order valence-corrected chi connectivity index (χ2v) is 7.58. The Morgan fingerprint density at radius 1 is 1.15 bits per heavy atom. The van der Waals surface area contributed by atoms with Gasteiger partial charge in [-0.05, 0) is 50.6 Å². The van der Waals surface area contributed by atoms with Crippen LogP contribution in [0.2, 0.25) is 0 Å². The van der Waals surface area contributed by atoms with Crippen LogP contribution in [-0.4, -0.2) is 41.2 Å². The molecule has 0 saturated carbocycles. The number of thiophene rings is 1. The predicted molar refractivity (Wildman–Crippen MR) is 106 cm³/mol. The van der Waals surface area contributed by atoms with Gasteiger partial charge in [0.1, 0.15) is 16.4 Å². The van der Waals surface area contributed by atoms with Gasteiger partial charge >= 0.3 is 0 Å². The largest absolute Gasteiger partial charge is 0.497 e. The van der Waals surface area contributed by atoms with Crippen LogP contribution < -0.4 is 10.3 Å². The van der Waals surface area contributed by atoms with Crippen molar-refractivity contribution in [3.8, 4) is 16.9 Å². The van der Waals surface area contributed by atoms with Gasteiger partial charge in [-0.1, -0.05) is 12.1 Å². The molecule has 0 unspecified atom stereocenters. The van der Waals surface area contributed by atoms with Gasteiger partial charge < -0.3 is 9.64 Å². The quantitative estimate of drug-likeness (QED) is 0.690. The van der Waals surface area contributed by atoms with E-state index in [0.717, 1.165) is 52.6 Å². The first kappa shape index (κ1) is 17.2. The lowest BCUT2D eigenvalue weighted by Gasteiger charge is -2.16. The van der Waals surface area contributed by atoms with E-state index in [1.807, 2.05) is 41.1 Å². The molecule has 1 aliphatic heterocycles. The third-order valence-electron chi connectivity index (χ3n) is 5.12. The van der Waals surface area contributed by atoms with Crippen LogP contribution in [0.25, 0.3) is 21.3 Å². The van der Waals surface area contributed by atoms with Crippen LogP contribution in [0.1, 0.15) is 18.7 Å². The van der Waals surface area contributed by atoms with Crippen LogP contribution in [-0.2, 0) is 6.54 Å². The van der Waals surface area contributed by atoms with Gasteiger partial charge in [0.05, 0.1) is 12.5 Å². The first-order valence-electron chi connectivity index (χ1n) is 9.03. The molecular formula is C20H23N3O2S. The molecule has 0 bridgehead atoms. The highest BCUT2D eigenvalue weighted by molar-refractivity contribution is 7.17. The Morgan fingerprint density at radius 2 is 1.88 bits per heavy atom. The fourth-order valence-electron chi connectivity index (χ4n) is 3.62. The molecule has 136 valence electrons. The lowest BCUT2D eigenvalue weighted by molar-refractivity contribution is 0.319. The summed E-state index contributed by atoms with van der Waals surface area (Å²) in [6.45, 7) is 5.82. The minimum absolute atomic E-state index is 0.0683. The number of fused-ring (bicyclic) bond motifs is 1. The van der Waals surface area contributed by atoms with Crippen molar-refractivity contribution < 1.29 is 4.74 Å². The second-order valence-electron chi connectivity index (χ2n) is 6.72. The maximum absolute atomic E-state index is 13.2. The molecule has 1 fully saturated rings. The maximum atomic E-state index is 13.2. The standard InChI is InChI=1S/C20H23N3O2S/c1-14-21-19-18(20(24)23(14)12-11-22-9-3-4-10-22)17(13-26-19)15-5-7-16(25-2)8-6-15/h5-8,13H,3-4,9-12H2,1-2H3. The molecule has 5 nitrogen and oxygen atoms in total. The number of hydrogen-bond donors (Lipinski definition) is 0. The number of aromatic nitrogens is 2. The molecule has 0 aliphatic carbocycles. The van der Waals surface area contributed by atoms with E-state index in [9.17, 15) is 4.79 Å². The third-order valence-corrected chi connectivity index (χ3v) is 6.00. The van der Waals surface area contributed by atoms with E-state index >= 15 is 0 Å². The number of aryl methyl sites for hydroxylation is 1. The maximum Gasteiger partial charge on any atom is 0.262 e. The molecule has 1 aliphatic rings. The summed E-state index contributed by atoms with van der Waals surface area (Å²) < 4.78 is 7.07. The molecule has 4 rings (SSSR count). The lowest BCUT2D eigenvalue weighted by atomic mass is 10.1. The van der Waals surface area contributed by atoms with Gasteiger partial charge in [-0.2, -0.15) is 0 Å². The number of methoxy groups -OCH3 is 1. The monoisotopic (exact) mass is 369 g/mol. The highest BCUT2D eigenvalue weighted by Gasteiger charge is 2.17. The van der Waals surface area contributed by atoms with Crippen LogP contribution in [0.5, 0.6) is 5.75 Å². The number of hydrogen-bond acceptors (Lipinski definition) is 5. The number of likely N-dealkylation sites (tertiary alicyclic amines) is 1. The van der Waals surface area contributed by atoms with Gasteiger partial charge in [0.25, 0.3) is 5.56 Å². The van der Waals surface area contributed by atoms with Crippen LogP contribution in [0.3, 0.4) is 0 Å². The molecule has 0 atom stereocenters. The van der Waals surface area contributed by atoms with E-state index in [0.29, 0.717) is 6.54 Å². The lowest BCUT2D eigenvalue weighted by Crippen LogP contribution is -2.31. The summed E-state index contributed by atoms with van der Waals surface area (Å²) in [5.74, 6) is 1.61. The molecule has 26 heavy (non-hydrogen) atoms. The minimum atomic E-state index is 0.0683. The number of benzene rings is 1. The molecule has 3 heterocycles. The summed E-state index contributed by atoms with van der Waals surface area (Å²) in [4.78, 5) is 21.2. The van der Waals surface area contributed by atoms with Crippen molar-refractivity contribution in [3.05, 3.63) is 45.8 Å². The number of rotatable bonds is 5. The molecule has 1 aromatic carbocycles. The Kier molecular flexibility index (Phi) is 4.78. The van der Waals surface area contributed by atoms with E-state index in [1.165, 1.54) is 24.2 Å². The van der Waals surface area contributed by atoms with Crippen LogP contribution in [0.4, 0.5) is 0 Å². The third kappa shape index (κ3) is 3.15. The highest BCUT2D eigenvalue weighted by Crippen LogP contribution is 2.32. The van der Waals surface area contributed by atoms with Crippen molar-refractivity contribution in [1.29, 1.82) is 0 Å². The van der Waals surface area contributed by atoms with Crippen molar-refractivity contribution in [3.63, 3.8) is 0 Å². The first-order valence-corrected chi connectivity index (χ1v) is 9.91. The minimum Gasteiger partial charge on any atom is -0.497 e. The zero-order valence-electron chi connectivity index (χ0n) is 15.2. The molecule has 1 saturated heterocycles. The SMILES string of the molecule is COc1ccc(-c2csc3nc(C)n(CCN4CCCC4)c(=O)c23)cc1. The summed E-state index contributed by atoms with van der Waals surface area (Å²) in [6.07, 6.45) is 2.52. The van der Waals surface area contributed by atoms with Crippen LogP contribution in [0.15, 0.2) is 34.4 Å². The van der Waals surface area contributed by atoms with E-state index in [4.69, 9.17) is 9.72 Å². The van der Waals surface area contributed by atoms with E-state index in [1.54, 1.807) is 7.11 Å². The number of ether oxygens (including phenoxy) is 1. The van der Waals surface area contributed by atoms with E-state index in [2.05, 4.69) is 4.90 Å². The van der Waals surface area contributed by atoms with Gasteiger partial charge in [0, 0.05) is 24.0 Å². The molecule has 0 amide bonds. The molecule has 6 heteroatoms. The van der Waals surface area contributed by atoms with Crippen molar-refractivity contribution >= 4 is 21.6 Å². The van der Waals surface area contributed by atoms with E-state index in [-0.39, 0.29) is 5.56 Å². The zero-order chi connectivity index (χ0) is 18.1. The summed E-state index contributed by atoms with van der Waals surface area (Å²) in [5.41, 5.74) is 2.05. The predicted octanol–water partition coefficient (Wildman–Crippen LogP) is 3.54. The smallest absolute Gasteiger partial charge is 0.262 e. The molecule has 0 N–H and O–H groups in total. The van der Waals surface area contributed by atoms with Crippen molar-refractivity contribution in [2.75, 3.05) is 26.7 Å². The van der Waals surface area contributed by atoms with Crippen LogP contribution >= 0.6 is 11.3 Å². The normalized spacial score (nSPS) is 15.0. The Bertz CT molecular complexity index is 969. The van der Waals surface area contributed by atoms with Gasteiger partial charge in [0.2, 0.25) is 0 Å². The average Bonchev–Trinajstić information content (AvgIpc) is 3.31. The van der Waals surface area contributed by atoms with Crippen molar-refractivity contribution in [2.45, 2.75) is 26.3 Å². The second kappa shape index (κ2) is 7.21. The summed E-state index contributed by atoms with van der Waals surface area (Å²) in [5, 5.41) is 2.76. The Hall–Kier alpha value is -2.18. The van der Waals surface area contributed by atoms with Crippen molar-refractivity contribution in [1.82, 2.24) is 14.5 Å². The Balaban J connectivity index is 1.73. The van der Waals surface area contributed by atoms with Gasteiger partial charge in [-0.15, -0.1) is 11.3 Å². The van der Waals surface area contributed by atoms with E-state index < -0.39 is 0 Å². The van der Waals surface area contributed by atoms with Gasteiger partial charge in [0.15, 0.2) is 0 Å². The fourth-order valence-corrected chi connectivity index (χ4v) is 4.60. The molecule has 3 aromatic rings. The van der Waals surface area contributed by atoms with Crippen molar-refractivity contribution in [2.24, 2.45) is 0 Å². The topological polar surface area (TPSA) is 47.4 Å². The molecule has 2 aromatic heterocycles. The Labute approximate surface area is 156 Å². The van der Waals surface area contributed by atoms with Crippen LogP contribution in [0, 0.1) is 6.92 Å². The fraction of sp³-hybridized carbons (Fsp3) is 0.400. The molecule has 0 radical (unpaired) electrons. The summed E-state index contributed by atoms with van der Waals surface area (Å²) in [6, 6.07) is 7.83. The molecular weight excluding hydrogens is 346 g/mol.